The number of benzene rings is 3. The van der Waals surface area contributed by atoms with Crippen LogP contribution in [0, 0.1) is 0 Å². The minimum atomic E-state index is -0.937. The maximum atomic E-state index is 11.2. The van der Waals surface area contributed by atoms with E-state index in [2.05, 4.69) is 46.5 Å². The number of unbranched alkanes of at least 4 members (excludes halogenated alkanes) is 1. The minimum absolute atomic E-state index is 0. The monoisotopic (exact) mass is 798 g/mol. The lowest BCUT2D eigenvalue weighted by molar-refractivity contribution is -0.136. The number of thioether (sulfide) groups is 1. The first-order valence-corrected chi connectivity index (χ1v) is 18.9. The SMILES string of the molecule is CCCCc1ncc(CSc2cccc(C(=O)O)c2)n1Cc1ccc(C(=O)O)cc1.COC(=O)c1cccc(S)c1.O.O=C(O)C(S)Cc1cccs1. The van der Waals surface area contributed by atoms with Crippen LogP contribution in [0.3, 0.4) is 0 Å². The van der Waals surface area contributed by atoms with Crippen LogP contribution in [0.25, 0.3) is 0 Å². The number of hydrogen-bond donors (Lipinski definition) is 5. The Morgan fingerprint density at radius 1 is 0.906 bits per heavy atom. The van der Waals surface area contributed by atoms with Gasteiger partial charge in [0.1, 0.15) is 11.1 Å². The number of esters is 1. The largest absolute Gasteiger partial charge is 0.480 e. The fourth-order valence-corrected chi connectivity index (χ4v) is 6.79. The number of ether oxygens (including phenoxy) is 1. The van der Waals surface area contributed by atoms with Gasteiger partial charge in [-0.15, -0.1) is 35.7 Å². The fraction of sp³-hybridized carbons (Fsp3) is 0.237. The molecule has 0 fully saturated rings. The van der Waals surface area contributed by atoms with Gasteiger partial charge in [-0.25, -0.2) is 19.4 Å². The van der Waals surface area contributed by atoms with Crippen molar-refractivity contribution in [3.05, 3.63) is 135 Å². The van der Waals surface area contributed by atoms with Crippen LogP contribution in [0.1, 0.15) is 72.8 Å². The van der Waals surface area contributed by atoms with E-state index < -0.39 is 23.2 Å². The fourth-order valence-electron chi connectivity index (χ4n) is 4.57. The number of aryl methyl sites for hydroxylation is 1. The second-order valence-corrected chi connectivity index (χ2v) is 14.4. The van der Waals surface area contributed by atoms with Crippen LogP contribution in [-0.4, -0.2) is 66.6 Å². The minimum Gasteiger partial charge on any atom is -0.480 e. The number of aliphatic carboxylic acids is 1. The van der Waals surface area contributed by atoms with Gasteiger partial charge in [0.25, 0.3) is 0 Å². The van der Waals surface area contributed by atoms with Crippen molar-refractivity contribution in [1.82, 2.24) is 9.55 Å². The number of thiophene rings is 1. The lowest BCUT2D eigenvalue weighted by Gasteiger charge is -2.13. The van der Waals surface area contributed by atoms with Crippen molar-refractivity contribution in [3.63, 3.8) is 0 Å². The molecule has 2 aromatic heterocycles. The molecule has 0 aliphatic heterocycles. The highest BCUT2D eigenvalue weighted by atomic mass is 32.2. The van der Waals surface area contributed by atoms with E-state index in [0.29, 0.717) is 24.3 Å². The zero-order valence-electron chi connectivity index (χ0n) is 29.0. The molecular weight excluding hydrogens is 757 g/mol. The standard InChI is InChI=1S/C23H24N2O4S.C8H8O2S.C7H8O2S2.H2O/c1-2-3-7-21-24-13-19(15-30-20-6-4-5-18(12-20)23(28)29)25(21)14-16-8-10-17(11-9-16)22(26)27;1-10-8(9)6-3-2-4-7(11)5-6;8-7(9)6(10)4-5-2-1-3-11-5;/h4-6,8-13H,2-3,7,14-15H2,1H3,(H,26,27)(H,28,29);2-5,11H,1H3;1-3,6,10H,4H2,(H,8,9);1H2. The summed E-state index contributed by atoms with van der Waals surface area (Å²) >= 11 is 11.1. The molecule has 0 radical (unpaired) electrons. The highest BCUT2D eigenvalue weighted by Gasteiger charge is 2.14. The Bertz CT molecular complexity index is 1910. The first-order valence-electron chi connectivity index (χ1n) is 16.0. The number of hydrogen-bond acceptors (Lipinski definition) is 10. The number of imidazole rings is 1. The molecule has 53 heavy (non-hydrogen) atoms. The number of aromatic nitrogens is 2. The van der Waals surface area contributed by atoms with Crippen LogP contribution in [-0.2, 0) is 34.7 Å². The smallest absolute Gasteiger partial charge is 0.337 e. The second-order valence-electron chi connectivity index (χ2n) is 11.2. The van der Waals surface area contributed by atoms with E-state index in [9.17, 15) is 24.3 Å². The van der Waals surface area contributed by atoms with Crippen molar-refractivity contribution in [2.45, 2.75) is 59.9 Å². The molecule has 11 nitrogen and oxygen atoms in total. The van der Waals surface area contributed by atoms with E-state index in [4.69, 9.17) is 10.2 Å². The van der Waals surface area contributed by atoms with Crippen molar-refractivity contribution in [3.8, 4) is 0 Å². The number of carboxylic acid groups (broad SMARTS) is 3. The Hall–Kier alpha value is -4.54. The summed E-state index contributed by atoms with van der Waals surface area (Å²) in [7, 11) is 1.35. The number of carbonyl (C=O) groups excluding carboxylic acids is 1. The highest BCUT2D eigenvalue weighted by Crippen LogP contribution is 2.25. The van der Waals surface area contributed by atoms with Crippen molar-refractivity contribution >= 4 is 72.2 Å². The van der Waals surface area contributed by atoms with Gasteiger partial charge in [-0.1, -0.05) is 43.7 Å². The van der Waals surface area contributed by atoms with Gasteiger partial charge in [-0.2, -0.15) is 12.6 Å². The molecule has 0 aliphatic rings. The van der Waals surface area contributed by atoms with Gasteiger partial charge in [0.05, 0.1) is 23.8 Å². The van der Waals surface area contributed by atoms with Gasteiger partial charge in [0, 0.05) is 51.7 Å². The Labute approximate surface area is 327 Å². The van der Waals surface area contributed by atoms with E-state index in [1.165, 1.54) is 7.11 Å². The Balaban J connectivity index is 0.000000345. The molecule has 2 heterocycles. The summed E-state index contributed by atoms with van der Waals surface area (Å²) in [5.41, 5.74) is 3.13. The van der Waals surface area contributed by atoms with Crippen LogP contribution in [0.15, 0.2) is 106 Å². The van der Waals surface area contributed by atoms with Crippen molar-refractivity contribution in [2.24, 2.45) is 0 Å². The second kappa shape index (κ2) is 23.2. The first kappa shape index (κ1) is 44.6. The Morgan fingerprint density at radius 3 is 2.17 bits per heavy atom. The molecule has 282 valence electrons. The number of rotatable bonds is 14. The Morgan fingerprint density at radius 2 is 1.58 bits per heavy atom. The maximum absolute atomic E-state index is 11.2. The summed E-state index contributed by atoms with van der Waals surface area (Å²) in [5.74, 6) is -1.39. The molecule has 15 heteroatoms. The highest BCUT2D eigenvalue weighted by molar-refractivity contribution is 7.98. The van der Waals surface area contributed by atoms with Crippen LogP contribution in [0.4, 0.5) is 0 Å². The molecule has 0 bridgehead atoms. The molecule has 1 atom stereocenters. The van der Waals surface area contributed by atoms with E-state index >= 15 is 0 Å². The third-order valence-corrected chi connectivity index (χ3v) is 9.92. The number of carbonyl (C=O) groups is 4. The van der Waals surface area contributed by atoms with Crippen LogP contribution >= 0.6 is 48.4 Å². The third-order valence-electron chi connectivity index (χ3n) is 7.31. The summed E-state index contributed by atoms with van der Waals surface area (Å²) in [6.07, 6.45) is 5.39. The molecule has 1 unspecified atom stereocenters. The Kier molecular flexibility index (Phi) is 19.5. The summed E-state index contributed by atoms with van der Waals surface area (Å²) in [4.78, 5) is 50.9. The zero-order chi connectivity index (χ0) is 38.0. The number of methoxy groups -OCH3 is 1. The lowest BCUT2D eigenvalue weighted by Crippen LogP contribution is -2.15. The number of aromatic carboxylic acids is 2. The van der Waals surface area contributed by atoms with E-state index in [1.54, 1.807) is 77.7 Å². The average Bonchev–Trinajstić information content (AvgIpc) is 3.80. The van der Waals surface area contributed by atoms with Crippen LogP contribution in [0.2, 0.25) is 0 Å². The molecular formula is C38H42N2O9S4. The van der Waals surface area contributed by atoms with Gasteiger partial charge < -0.3 is 30.1 Å². The molecule has 0 aliphatic carbocycles. The summed E-state index contributed by atoms with van der Waals surface area (Å²) in [6, 6.07) is 24.5. The topological polar surface area (TPSA) is 188 Å². The molecule has 5 N–H and O–H groups in total. The van der Waals surface area contributed by atoms with Gasteiger partial charge in [0.15, 0.2) is 0 Å². The normalized spacial score (nSPS) is 10.7. The summed E-state index contributed by atoms with van der Waals surface area (Å²) in [5, 5.41) is 28.1. The average molecular weight is 799 g/mol. The number of nitrogens with zero attached hydrogens (tertiary/aromatic N) is 2. The van der Waals surface area contributed by atoms with Crippen molar-refractivity contribution in [1.29, 1.82) is 0 Å². The molecule has 0 saturated heterocycles. The summed E-state index contributed by atoms with van der Waals surface area (Å²) in [6.45, 7) is 2.76. The zero-order valence-corrected chi connectivity index (χ0v) is 32.5. The van der Waals surface area contributed by atoms with Gasteiger partial charge >= 0.3 is 23.9 Å². The molecule has 0 saturated carbocycles. The van der Waals surface area contributed by atoms with Crippen LogP contribution in [0.5, 0.6) is 0 Å². The van der Waals surface area contributed by atoms with E-state index in [-0.39, 0.29) is 22.6 Å². The van der Waals surface area contributed by atoms with Gasteiger partial charge in [-0.3, -0.25) is 4.79 Å². The predicted octanol–water partition coefficient (Wildman–Crippen LogP) is 7.57. The van der Waals surface area contributed by atoms with Crippen molar-refractivity contribution in [2.75, 3.05) is 7.11 Å². The van der Waals surface area contributed by atoms with Crippen LogP contribution < -0.4 is 0 Å². The molecule has 0 spiro atoms. The molecule has 3 aromatic carbocycles. The maximum Gasteiger partial charge on any atom is 0.337 e. The van der Waals surface area contributed by atoms with Crippen molar-refractivity contribution < 1.29 is 44.7 Å². The first-order chi connectivity index (χ1) is 24.9. The van der Waals surface area contributed by atoms with E-state index in [0.717, 1.165) is 51.0 Å². The number of carboxylic acids is 3. The molecule has 0 amide bonds. The van der Waals surface area contributed by atoms with Gasteiger partial charge in [0.2, 0.25) is 0 Å². The molecule has 5 rings (SSSR count). The third kappa shape index (κ3) is 15.2. The lowest BCUT2D eigenvalue weighted by atomic mass is 10.1. The van der Waals surface area contributed by atoms with E-state index in [1.807, 2.05) is 41.9 Å². The quantitative estimate of drug-likeness (QED) is 0.0426. The number of thiol groups is 2. The predicted molar refractivity (Wildman–Crippen MR) is 213 cm³/mol. The molecule has 5 aromatic rings. The summed E-state index contributed by atoms with van der Waals surface area (Å²) < 4.78 is 6.70. The van der Waals surface area contributed by atoms with Gasteiger partial charge in [-0.05, 0) is 72.0 Å².